The van der Waals surface area contributed by atoms with Gasteiger partial charge in [-0.15, -0.1) is 0 Å². The summed E-state index contributed by atoms with van der Waals surface area (Å²) in [7, 11) is -9.97. The van der Waals surface area contributed by atoms with Gasteiger partial charge in [-0.1, -0.05) is 266 Å². The first-order valence-corrected chi connectivity index (χ1v) is 42.5. The number of aliphatic hydroxyl groups is 1. The lowest BCUT2D eigenvalue weighted by molar-refractivity contribution is -0.161. The van der Waals surface area contributed by atoms with Crippen LogP contribution in [0.3, 0.4) is 0 Å². The minimum Gasteiger partial charge on any atom is -0.462 e. The quantitative estimate of drug-likeness (QED) is 0.0128. The lowest BCUT2D eigenvalue weighted by atomic mass is 10.1. The zero-order valence-electron chi connectivity index (χ0n) is 63.1. The van der Waals surface area contributed by atoms with Crippen molar-refractivity contribution in [2.75, 3.05) is 39.6 Å². The number of hydrogen-bond acceptors (Lipinski definition) is 15. The first-order valence-electron chi connectivity index (χ1n) is 39.5. The van der Waals surface area contributed by atoms with Crippen molar-refractivity contribution in [1.82, 2.24) is 0 Å². The summed E-state index contributed by atoms with van der Waals surface area (Å²) in [6.07, 6.45) is 76.8. The normalized spacial score (nSPS) is 14.4. The van der Waals surface area contributed by atoms with Gasteiger partial charge in [-0.05, 0) is 141 Å². The monoisotopic (exact) mass is 1450 g/mol. The van der Waals surface area contributed by atoms with Crippen molar-refractivity contribution in [2.45, 2.75) is 354 Å². The standard InChI is InChI=1S/C81H142O17P2/c1-5-9-13-17-21-25-29-33-36-37-40-44-48-52-56-60-64-68-81(86)98-77(72-92-79(84)66-62-58-54-50-46-42-38-34-30-26-22-18-14-10-6-2)74-96-100(89,90)94-70-75(82)69-93-99(87,88)95-73-76(71-91-78(83)65-61-57-53-49-45-41-32-28-24-20-16-12-8-4)97-80(85)67-63-59-55-51-47-43-39-35-31-27-23-19-15-11-7-3/h21,25,27-28,31-36,38-40,44,52,56,75-77,82H,5-20,22-24,26,29-30,37,41-43,45-51,53-55,57-74H2,1-4H3,(H,87,88)(H,89,90)/b25-21-,31-27-,32-28-,36-33-,38-34-,39-35-,44-40-,56-52-/t75-,76-,77-/m1/s1. The fraction of sp³-hybridized carbons (Fsp3) is 0.753. The molecule has 0 fully saturated rings. The molecule has 100 heavy (non-hydrogen) atoms. The van der Waals surface area contributed by atoms with E-state index in [1.54, 1.807) is 0 Å². The Balaban J connectivity index is 5.42. The van der Waals surface area contributed by atoms with E-state index in [0.717, 1.165) is 141 Å². The van der Waals surface area contributed by atoms with E-state index in [9.17, 15) is 43.2 Å². The average Bonchev–Trinajstić information content (AvgIpc) is 1.22. The van der Waals surface area contributed by atoms with Crippen molar-refractivity contribution in [2.24, 2.45) is 0 Å². The second kappa shape index (κ2) is 73.3. The summed E-state index contributed by atoms with van der Waals surface area (Å²) in [5.74, 6) is -2.26. The first-order chi connectivity index (χ1) is 48.7. The van der Waals surface area contributed by atoms with Gasteiger partial charge in [-0.2, -0.15) is 0 Å². The number of hydrogen-bond donors (Lipinski definition) is 3. The molecule has 0 aromatic heterocycles. The van der Waals surface area contributed by atoms with Crippen molar-refractivity contribution in [3.63, 3.8) is 0 Å². The Kier molecular flexibility index (Phi) is 70.4. The molecule has 0 aliphatic heterocycles. The Labute approximate surface area is 607 Å². The molecule has 0 radical (unpaired) electrons. The molecule has 19 heteroatoms. The summed E-state index contributed by atoms with van der Waals surface area (Å²) >= 11 is 0. The maximum absolute atomic E-state index is 13.1. The molecule has 578 valence electrons. The number of unbranched alkanes of at least 4 members (excludes halogenated alkanes) is 33. The number of ether oxygens (including phenoxy) is 4. The third-order valence-electron chi connectivity index (χ3n) is 16.5. The van der Waals surface area contributed by atoms with Gasteiger partial charge in [0.05, 0.1) is 26.4 Å². The predicted molar refractivity (Wildman–Crippen MR) is 409 cm³/mol. The summed E-state index contributed by atoms with van der Waals surface area (Å²) in [6, 6.07) is 0. The number of aliphatic hydroxyl groups excluding tert-OH is 1. The molecular formula is C81H142O17P2. The Morgan fingerprint density at radius 2 is 0.530 bits per heavy atom. The lowest BCUT2D eigenvalue weighted by Crippen LogP contribution is -2.30. The van der Waals surface area contributed by atoms with Gasteiger partial charge in [0.1, 0.15) is 19.3 Å². The molecule has 2 unspecified atom stereocenters. The summed E-state index contributed by atoms with van der Waals surface area (Å²) in [5, 5.41) is 10.6. The van der Waals surface area contributed by atoms with Crippen LogP contribution in [0, 0.1) is 0 Å². The third-order valence-corrected chi connectivity index (χ3v) is 18.4. The van der Waals surface area contributed by atoms with Crippen molar-refractivity contribution >= 4 is 39.5 Å². The molecule has 17 nitrogen and oxygen atoms in total. The highest BCUT2D eigenvalue weighted by Gasteiger charge is 2.30. The van der Waals surface area contributed by atoms with Crippen LogP contribution < -0.4 is 0 Å². The number of esters is 4. The van der Waals surface area contributed by atoms with Crippen molar-refractivity contribution < 1.29 is 80.2 Å². The number of phosphoric ester groups is 2. The number of phosphoric acid groups is 2. The lowest BCUT2D eigenvalue weighted by Gasteiger charge is -2.21. The van der Waals surface area contributed by atoms with Gasteiger partial charge in [-0.25, -0.2) is 9.13 Å². The van der Waals surface area contributed by atoms with Gasteiger partial charge in [0.15, 0.2) is 12.2 Å². The van der Waals surface area contributed by atoms with Crippen LogP contribution in [-0.4, -0.2) is 96.7 Å². The van der Waals surface area contributed by atoms with Crippen molar-refractivity contribution in [3.8, 4) is 0 Å². The van der Waals surface area contributed by atoms with Crippen LogP contribution in [0.25, 0.3) is 0 Å². The summed E-state index contributed by atoms with van der Waals surface area (Å²) in [4.78, 5) is 72.9. The summed E-state index contributed by atoms with van der Waals surface area (Å²) < 4.78 is 68.5. The van der Waals surface area contributed by atoms with Gasteiger partial charge >= 0.3 is 39.5 Å². The maximum Gasteiger partial charge on any atom is 0.472 e. The molecule has 0 aliphatic carbocycles. The molecule has 0 saturated heterocycles. The van der Waals surface area contributed by atoms with E-state index >= 15 is 0 Å². The Hall–Kier alpha value is -4.02. The van der Waals surface area contributed by atoms with Crippen molar-refractivity contribution in [1.29, 1.82) is 0 Å². The molecule has 3 N–H and O–H groups in total. The molecule has 0 spiro atoms. The van der Waals surface area contributed by atoms with Crippen LogP contribution in [0.1, 0.15) is 336 Å². The van der Waals surface area contributed by atoms with Crippen LogP contribution in [0.4, 0.5) is 0 Å². The van der Waals surface area contributed by atoms with E-state index in [4.69, 9.17) is 37.0 Å². The molecule has 5 atom stereocenters. The largest absolute Gasteiger partial charge is 0.472 e. The number of carbonyl (C=O) groups is 4. The van der Waals surface area contributed by atoms with E-state index in [1.807, 2.05) is 12.2 Å². The third kappa shape index (κ3) is 72.3. The van der Waals surface area contributed by atoms with E-state index in [0.29, 0.717) is 32.1 Å². The van der Waals surface area contributed by atoms with E-state index in [2.05, 4.69) is 113 Å². The second-order valence-electron chi connectivity index (χ2n) is 26.3. The Morgan fingerprint density at radius 1 is 0.290 bits per heavy atom. The zero-order valence-corrected chi connectivity index (χ0v) is 64.9. The molecule has 0 aromatic rings. The van der Waals surface area contributed by atoms with Gasteiger partial charge in [0.25, 0.3) is 0 Å². The molecule has 0 aliphatic rings. The minimum atomic E-state index is -4.99. The van der Waals surface area contributed by atoms with Crippen LogP contribution in [0.5, 0.6) is 0 Å². The summed E-state index contributed by atoms with van der Waals surface area (Å²) in [5.41, 5.74) is 0. The van der Waals surface area contributed by atoms with Gasteiger partial charge < -0.3 is 33.8 Å². The zero-order chi connectivity index (χ0) is 73.2. The highest BCUT2D eigenvalue weighted by Crippen LogP contribution is 2.45. The maximum atomic E-state index is 13.1. The Bertz CT molecular complexity index is 2270. The highest BCUT2D eigenvalue weighted by atomic mass is 31.2. The first kappa shape index (κ1) is 96.0. The predicted octanol–water partition coefficient (Wildman–Crippen LogP) is 22.8. The van der Waals surface area contributed by atoms with Crippen LogP contribution in [-0.2, 0) is 65.4 Å². The number of rotatable bonds is 74. The summed E-state index contributed by atoms with van der Waals surface area (Å²) in [6.45, 7) is 4.73. The molecule has 0 saturated carbocycles. The molecule has 0 heterocycles. The van der Waals surface area contributed by atoms with Gasteiger partial charge in [0.2, 0.25) is 0 Å². The molecular weight excluding hydrogens is 1310 g/mol. The molecule has 0 bridgehead atoms. The van der Waals surface area contributed by atoms with E-state index in [-0.39, 0.29) is 25.7 Å². The van der Waals surface area contributed by atoms with Gasteiger partial charge in [0, 0.05) is 25.7 Å². The molecule has 0 aromatic carbocycles. The second-order valence-corrected chi connectivity index (χ2v) is 29.2. The smallest absolute Gasteiger partial charge is 0.462 e. The van der Waals surface area contributed by atoms with Crippen LogP contribution in [0.2, 0.25) is 0 Å². The number of carbonyl (C=O) groups excluding carboxylic acids is 4. The SMILES string of the molecule is CCCCC/C=C\C/C=C\C/C=C\C/C=C\CCCC(=O)O[C@H](COC(=O)CCCCCCC/C=C\CCCCCCCC)COP(=O)(O)OC[C@H](O)COP(=O)(O)OC[C@@H](COC(=O)CCCCCCC/C=C\CCCCCC)OC(=O)CCCCCCC/C=C\C=C/CCCCCC. The van der Waals surface area contributed by atoms with Crippen LogP contribution >= 0.6 is 15.6 Å². The van der Waals surface area contributed by atoms with E-state index in [1.165, 1.54) is 109 Å². The van der Waals surface area contributed by atoms with E-state index < -0.39 is 97.5 Å². The highest BCUT2D eigenvalue weighted by molar-refractivity contribution is 7.47. The fourth-order valence-electron chi connectivity index (χ4n) is 10.4. The molecule has 0 amide bonds. The Morgan fingerprint density at radius 3 is 0.890 bits per heavy atom. The average molecular weight is 1450 g/mol. The van der Waals surface area contributed by atoms with Gasteiger partial charge in [-0.3, -0.25) is 37.3 Å². The molecule has 0 rings (SSSR count). The fourth-order valence-corrected chi connectivity index (χ4v) is 12.0. The topological polar surface area (TPSA) is 237 Å². The number of allylic oxidation sites excluding steroid dienone is 16. The van der Waals surface area contributed by atoms with Crippen LogP contribution in [0.15, 0.2) is 97.2 Å². The minimum absolute atomic E-state index is 0.0175. The van der Waals surface area contributed by atoms with Crippen molar-refractivity contribution in [3.05, 3.63) is 97.2 Å².